The van der Waals surface area contributed by atoms with Gasteiger partial charge in [-0.1, -0.05) is 0 Å². The molecule has 142 valence electrons. The largest absolute Gasteiger partial charge is 0.486 e. The molecule has 7 heteroatoms. The van der Waals surface area contributed by atoms with E-state index in [4.69, 9.17) is 14.2 Å². The second-order valence-corrected chi connectivity index (χ2v) is 7.63. The van der Waals surface area contributed by atoms with Gasteiger partial charge >= 0.3 is 6.09 Å². The number of benzene rings is 1. The summed E-state index contributed by atoms with van der Waals surface area (Å²) in [5.41, 5.74) is 0.0326. The van der Waals surface area contributed by atoms with E-state index in [1.807, 2.05) is 27.7 Å². The van der Waals surface area contributed by atoms with Gasteiger partial charge in [0.05, 0.1) is 0 Å². The maximum atomic E-state index is 12.9. The van der Waals surface area contributed by atoms with Crippen LogP contribution in [0.2, 0.25) is 0 Å². The molecule has 0 radical (unpaired) electrons. The van der Waals surface area contributed by atoms with Crippen molar-refractivity contribution in [1.29, 1.82) is 0 Å². The van der Waals surface area contributed by atoms with Crippen LogP contribution in [-0.2, 0) is 4.74 Å². The second kappa shape index (κ2) is 7.05. The summed E-state index contributed by atoms with van der Waals surface area (Å²) in [6.45, 7) is 9.84. The number of carbonyl (C=O) groups excluding carboxylic acids is 2. The monoisotopic (exact) mass is 362 g/mol. The number of piperazine rings is 1. The molecule has 1 atom stereocenters. The van der Waals surface area contributed by atoms with Crippen molar-refractivity contribution in [2.24, 2.45) is 0 Å². The SMILES string of the molecule is C[C@@H]1CN(C(=O)OC(C)(C)C)CCN1C(=O)c1ccc2c(c1)OCCO2. The zero-order valence-corrected chi connectivity index (χ0v) is 15.8. The van der Waals surface area contributed by atoms with E-state index >= 15 is 0 Å². The molecule has 1 aromatic carbocycles. The summed E-state index contributed by atoms with van der Waals surface area (Å²) in [5, 5.41) is 0. The zero-order chi connectivity index (χ0) is 18.9. The van der Waals surface area contributed by atoms with Crippen LogP contribution < -0.4 is 9.47 Å². The minimum atomic E-state index is -0.529. The van der Waals surface area contributed by atoms with Crippen LogP contribution in [-0.4, -0.2) is 66.3 Å². The van der Waals surface area contributed by atoms with E-state index in [2.05, 4.69) is 0 Å². The third kappa shape index (κ3) is 4.03. The minimum absolute atomic E-state index is 0.0710. The normalized spacial score (nSPS) is 19.9. The molecule has 0 N–H and O–H groups in total. The van der Waals surface area contributed by atoms with Crippen molar-refractivity contribution >= 4 is 12.0 Å². The smallest absolute Gasteiger partial charge is 0.410 e. The number of hydrogen-bond acceptors (Lipinski definition) is 5. The van der Waals surface area contributed by atoms with Gasteiger partial charge in [0.2, 0.25) is 0 Å². The maximum Gasteiger partial charge on any atom is 0.410 e. The molecule has 26 heavy (non-hydrogen) atoms. The van der Waals surface area contributed by atoms with Gasteiger partial charge in [-0.15, -0.1) is 0 Å². The lowest BCUT2D eigenvalue weighted by Gasteiger charge is -2.40. The summed E-state index contributed by atoms with van der Waals surface area (Å²) in [7, 11) is 0. The molecule has 2 aliphatic rings. The summed E-state index contributed by atoms with van der Waals surface area (Å²) in [4.78, 5) is 28.6. The van der Waals surface area contributed by atoms with Crippen molar-refractivity contribution in [1.82, 2.24) is 9.80 Å². The highest BCUT2D eigenvalue weighted by Crippen LogP contribution is 2.31. The minimum Gasteiger partial charge on any atom is -0.486 e. The average Bonchev–Trinajstić information content (AvgIpc) is 2.59. The van der Waals surface area contributed by atoms with Gasteiger partial charge in [-0.05, 0) is 45.9 Å². The summed E-state index contributed by atoms with van der Waals surface area (Å²) < 4.78 is 16.5. The van der Waals surface area contributed by atoms with Crippen molar-refractivity contribution < 1.29 is 23.8 Å². The Morgan fingerprint density at radius 3 is 2.46 bits per heavy atom. The fourth-order valence-corrected chi connectivity index (χ4v) is 3.09. The maximum absolute atomic E-state index is 12.9. The Morgan fingerprint density at radius 2 is 1.81 bits per heavy atom. The molecule has 2 amide bonds. The van der Waals surface area contributed by atoms with Crippen LogP contribution >= 0.6 is 0 Å². The van der Waals surface area contributed by atoms with Crippen LogP contribution in [0.5, 0.6) is 11.5 Å². The molecule has 2 aliphatic heterocycles. The number of ether oxygens (including phenoxy) is 3. The molecular formula is C19H26N2O5. The van der Waals surface area contributed by atoms with Crippen LogP contribution in [0.15, 0.2) is 18.2 Å². The quantitative estimate of drug-likeness (QED) is 0.768. The Kier molecular flexibility index (Phi) is 4.98. The zero-order valence-electron chi connectivity index (χ0n) is 15.8. The molecule has 0 aromatic heterocycles. The molecule has 0 saturated carbocycles. The highest BCUT2D eigenvalue weighted by atomic mass is 16.6. The summed E-state index contributed by atoms with van der Waals surface area (Å²) in [5.74, 6) is 1.19. The Hall–Kier alpha value is -2.44. The molecule has 0 bridgehead atoms. The molecule has 2 heterocycles. The number of nitrogens with zero attached hydrogens (tertiary/aromatic N) is 2. The number of carbonyl (C=O) groups is 2. The molecular weight excluding hydrogens is 336 g/mol. The lowest BCUT2D eigenvalue weighted by molar-refractivity contribution is 0.00616. The Balaban J connectivity index is 1.66. The van der Waals surface area contributed by atoms with Gasteiger partial charge in [0, 0.05) is 31.2 Å². The molecule has 0 unspecified atom stereocenters. The van der Waals surface area contributed by atoms with E-state index < -0.39 is 5.60 Å². The summed E-state index contributed by atoms with van der Waals surface area (Å²) in [6.07, 6.45) is -0.337. The molecule has 3 rings (SSSR count). The van der Waals surface area contributed by atoms with Gasteiger partial charge < -0.3 is 24.0 Å². The number of rotatable bonds is 1. The lowest BCUT2D eigenvalue weighted by atomic mass is 10.1. The van der Waals surface area contributed by atoms with Crippen molar-refractivity contribution in [3.8, 4) is 11.5 Å². The first-order valence-electron chi connectivity index (χ1n) is 8.93. The number of fused-ring (bicyclic) bond motifs is 1. The van der Waals surface area contributed by atoms with Crippen molar-refractivity contribution in [3.63, 3.8) is 0 Å². The van der Waals surface area contributed by atoms with E-state index in [-0.39, 0.29) is 18.0 Å². The Labute approximate surface area is 153 Å². The van der Waals surface area contributed by atoms with Gasteiger partial charge in [0.15, 0.2) is 11.5 Å². The standard InChI is InChI=1S/C19H26N2O5/c1-13-12-20(18(23)26-19(2,3)4)7-8-21(13)17(22)14-5-6-15-16(11-14)25-10-9-24-15/h5-6,11,13H,7-10,12H2,1-4H3/t13-/m1/s1. The van der Waals surface area contributed by atoms with E-state index in [0.717, 1.165) is 0 Å². The van der Waals surface area contributed by atoms with Crippen molar-refractivity contribution in [2.75, 3.05) is 32.8 Å². The van der Waals surface area contributed by atoms with Gasteiger partial charge in [0.25, 0.3) is 5.91 Å². The van der Waals surface area contributed by atoms with Gasteiger partial charge in [-0.25, -0.2) is 4.79 Å². The average molecular weight is 362 g/mol. The van der Waals surface area contributed by atoms with E-state index in [0.29, 0.717) is 49.9 Å². The fourth-order valence-electron chi connectivity index (χ4n) is 3.09. The predicted octanol–water partition coefficient (Wildman–Crippen LogP) is 2.54. The predicted molar refractivity (Wildman–Crippen MR) is 95.7 cm³/mol. The van der Waals surface area contributed by atoms with Crippen LogP contribution in [0.3, 0.4) is 0 Å². The second-order valence-electron chi connectivity index (χ2n) is 7.63. The van der Waals surface area contributed by atoms with Crippen molar-refractivity contribution in [2.45, 2.75) is 39.3 Å². The van der Waals surface area contributed by atoms with Crippen molar-refractivity contribution in [3.05, 3.63) is 23.8 Å². The molecule has 7 nitrogen and oxygen atoms in total. The van der Waals surface area contributed by atoms with Crippen LogP contribution in [0.1, 0.15) is 38.1 Å². The van der Waals surface area contributed by atoms with Crippen LogP contribution in [0.25, 0.3) is 0 Å². The first-order chi connectivity index (χ1) is 12.2. The number of amides is 2. The number of hydrogen-bond donors (Lipinski definition) is 0. The Morgan fingerprint density at radius 1 is 1.12 bits per heavy atom. The van der Waals surface area contributed by atoms with Gasteiger partial charge in [-0.3, -0.25) is 4.79 Å². The third-order valence-corrected chi connectivity index (χ3v) is 4.33. The summed E-state index contributed by atoms with van der Waals surface area (Å²) >= 11 is 0. The molecule has 1 fully saturated rings. The molecule has 0 aliphatic carbocycles. The fraction of sp³-hybridized carbons (Fsp3) is 0.579. The van der Waals surface area contributed by atoms with Gasteiger partial charge in [0.1, 0.15) is 18.8 Å². The highest BCUT2D eigenvalue weighted by Gasteiger charge is 2.32. The summed E-state index contributed by atoms with van der Waals surface area (Å²) in [6, 6.07) is 5.15. The molecule has 0 spiro atoms. The molecule has 1 aromatic rings. The first kappa shape index (κ1) is 18.4. The van der Waals surface area contributed by atoms with E-state index in [9.17, 15) is 9.59 Å². The Bertz CT molecular complexity index is 698. The first-order valence-corrected chi connectivity index (χ1v) is 8.93. The highest BCUT2D eigenvalue weighted by molar-refractivity contribution is 5.95. The van der Waals surface area contributed by atoms with Crippen LogP contribution in [0.4, 0.5) is 4.79 Å². The third-order valence-electron chi connectivity index (χ3n) is 4.33. The topological polar surface area (TPSA) is 68.3 Å². The van der Waals surface area contributed by atoms with E-state index in [1.54, 1.807) is 28.0 Å². The van der Waals surface area contributed by atoms with E-state index in [1.165, 1.54) is 0 Å². The van der Waals surface area contributed by atoms with Crippen LogP contribution in [0, 0.1) is 0 Å². The molecule has 1 saturated heterocycles. The lowest BCUT2D eigenvalue weighted by Crippen LogP contribution is -2.56. The van der Waals surface area contributed by atoms with Gasteiger partial charge in [-0.2, -0.15) is 0 Å².